The molecule has 0 saturated carbocycles. The number of aromatic hydroxyl groups is 2. The predicted molar refractivity (Wildman–Crippen MR) is 117 cm³/mol. The molecule has 0 bridgehead atoms. The molecule has 0 atom stereocenters. The smallest absolute Gasteiger partial charge is 0.430 e. The number of carboxylic acids is 1. The Kier molecular flexibility index (Phi) is 6.27. The molecule has 2 aliphatic heterocycles. The van der Waals surface area contributed by atoms with Crippen LogP contribution >= 0.6 is 0 Å². The molecule has 188 valence electrons. The van der Waals surface area contributed by atoms with Crippen LogP contribution in [0.2, 0.25) is 0 Å². The summed E-state index contributed by atoms with van der Waals surface area (Å²) in [7, 11) is 0. The van der Waals surface area contributed by atoms with Crippen LogP contribution in [0.5, 0.6) is 23.0 Å². The third-order valence-corrected chi connectivity index (χ3v) is 5.99. The van der Waals surface area contributed by atoms with Gasteiger partial charge in [-0.25, -0.2) is 0 Å². The lowest BCUT2D eigenvalue weighted by Gasteiger charge is -2.44. The van der Waals surface area contributed by atoms with Crippen LogP contribution < -0.4 is 15.6 Å². The molecule has 1 amide bonds. The van der Waals surface area contributed by atoms with Crippen LogP contribution in [-0.2, 0) is 10.3 Å². The molecule has 0 unspecified atom stereocenters. The number of fused-ring (bicyclic) bond motifs is 6. The number of hydrogen-bond donors (Lipinski definition) is 3. The first-order chi connectivity index (χ1) is 17.0. The van der Waals surface area contributed by atoms with E-state index in [0.717, 1.165) is 23.1 Å². The highest BCUT2D eigenvalue weighted by Crippen LogP contribution is 2.58. The summed E-state index contributed by atoms with van der Waals surface area (Å²) < 4.78 is 37.6. The monoisotopic (exact) mass is 502 g/mol. The zero-order chi connectivity index (χ0) is 26.3. The number of ether oxygens (including phenoxy) is 1. The fraction of sp³-hybridized carbons (Fsp3) is 0.200. The van der Waals surface area contributed by atoms with Crippen molar-refractivity contribution in [3.05, 3.63) is 82.9 Å². The molecule has 0 aromatic heterocycles. The maximum Gasteiger partial charge on any atom is 0.430 e. The Morgan fingerprint density at radius 2 is 1.50 bits per heavy atom. The maximum atomic E-state index is 13.5. The van der Waals surface area contributed by atoms with E-state index in [0.29, 0.717) is 30.2 Å². The summed E-state index contributed by atoms with van der Waals surface area (Å²) in [4.78, 5) is 24.2. The lowest BCUT2D eigenvalue weighted by Crippen LogP contribution is -2.53. The van der Waals surface area contributed by atoms with E-state index >= 15 is 0 Å². The highest BCUT2D eigenvalue weighted by molar-refractivity contribution is 6.02. The van der Waals surface area contributed by atoms with Crippen molar-refractivity contribution in [2.45, 2.75) is 18.1 Å². The van der Waals surface area contributed by atoms with Crippen LogP contribution in [0.1, 0.15) is 33.5 Å². The number of quaternary nitrogens is 1. The second-order valence-corrected chi connectivity index (χ2v) is 8.17. The summed E-state index contributed by atoms with van der Waals surface area (Å²) in [5.74, 6) is -1.98. The number of alkyl halides is 3. The first-order valence-electron chi connectivity index (χ1n) is 10.9. The highest BCUT2D eigenvalue weighted by Gasteiger charge is 2.56. The molecule has 5 rings (SSSR count). The van der Waals surface area contributed by atoms with Gasteiger partial charge in [0.1, 0.15) is 34.5 Å². The van der Waals surface area contributed by atoms with Crippen molar-refractivity contribution in [1.82, 2.24) is 4.90 Å². The number of carbonyl (C=O) groups excluding carboxylic acids is 2. The molecule has 0 fully saturated rings. The number of aliphatic carboxylic acids is 1. The van der Waals surface area contributed by atoms with Crippen LogP contribution in [-0.4, -0.2) is 46.3 Å². The Bertz CT molecular complexity index is 1290. The summed E-state index contributed by atoms with van der Waals surface area (Å²) in [5, 5.41) is 28.9. The second-order valence-electron chi connectivity index (χ2n) is 8.17. The van der Waals surface area contributed by atoms with E-state index in [1.54, 1.807) is 24.3 Å². The Hall–Kier alpha value is -4.25. The van der Waals surface area contributed by atoms with Gasteiger partial charge >= 0.3 is 6.18 Å². The van der Waals surface area contributed by atoms with Gasteiger partial charge in [0, 0.05) is 41.8 Å². The lowest BCUT2D eigenvalue weighted by molar-refractivity contribution is -0.368. The van der Waals surface area contributed by atoms with Gasteiger partial charge in [-0.15, -0.1) is 0 Å². The standard InChI is InChI=1S/C23H20N2O4.C2HF3O2/c24-10-3-11-25-22(28)16-4-1-2-5-17(16)23(25)18-8-6-14(26)12-20(18)29-21-13-15(27)7-9-19(21)23;3-2(4,5)1(6)7/h1-2,4-9,12-13,26-27H,3,10-11,24H2;(H,6,7). The van der Waals surface area contributed by atoms with Crippen molar-refractivity contribution in [1.29, 1.82) is 0 Å². The topological polar surface area (TPSA) is 138 Å². The van der Waals surface area contributed by atoms with E-state index in [4.69, 9.17) is 14.6 Å². The van der Waals surface area contributed by atoms with E-state index in [1.165, 1.54) is 0 Å². The number of carbonyl (C=O) groups is 2. The summed E-state index contributed by atoms with van der Waals surface area (Å²) in [6.07, 6.45) is -4.44. The minimum Gasteiger partial charge on any atom is -0.542 e. The van der Waals surface area contributed by atoms with Gasteiger partial charge in [-0.05, 0) is 35.9 Å². The molecule has 0 saturated heterocycles. The van der Waals surface area contributed by atoms with E-state index < -0.39 is 17.7 Å². The van der Waals surface area contributed by atoms with Crippen molar-refractivity contribution in [3.63, 3.8) is 0 Å². The molecule has 11 heteroatoms. The Morgan fingerprint density at radius 1 is 0.972 bits per heavy atom. The van der Waals surface area contributed by atoms with Crippen LogP contribution in [0.15, 0.2) is 60.7 Å². The Labute approximate surface area is 203 Å². The minimum atomic E-state index is -5.19. The number of rotatable bonds is 3. The van der Waals surface area contributed by atoms with E-state index in [-0.39, 0.29) is 17.4 Å². The van der Waals surface area contributed by atoms with Crippen LogP contribution in [0.3, 0.4) is 0 Å². The first-order valence-corrected chi connectivity index (χ1v) is 10.9. The number of phenolic OH excluding ortho intramolecular Hbond substituents is 2. The summed E-state index contributed by atoms with van der Waals surface area (Å²) >= 11 is 0. The molecule has 0 aliphatic carbocycles. The Balaban J connectivity index is 0.000000384. The van der Waals surface area contributed by atoms with Gasteiger partial charge in [-0.2, -0.15) is 13.2 Å². The zero-order valence-corrected chi connectivity index (χ0v) is 18.7. The third-order valence-electron chi connectivity index (χ3n) is 5.99. The number of amides is 1. The van der Waals surface area contributed by atoms with Crippen LogP contribution in [0.25, 0.3) is 0 Å². The van der Waals surface area contributed by atoms with Gasteiger partial charge in [0.15, 0.2) is 0 Å². The zero-order valence-electron chi connectivity index (χ0n) is 18.7. The molecule has 1 spiro atoms. The largest absolute Gasteiger partial charge is 0.542 e. The quantitative estimate of drug-likeness (QED) is 0.500. The van der Waals surface area contributed by atoms with Gasteiger partial charge in [0.05, 0.1) is 6.54 Å². The fourth-order valence-corrected chi connectivity index (χ4v) is 4.60. The van der Waals surface area contributed by atoms with Gasteiger partial charge in [-0.1, -0.05) is 18.2 Å². The van der Waals surface area contributed by atoms with E-state index in [1.807, 2.05) is 41.3 Å². The van der Waals surface area contributed by atoms with Crippen LogP contribution in [0.4, 0.5) is 13.2 Å². The molecule has 2 aliphatic rings. The molecule has 0 radical (unpaired) electrons. The molecule has 36 heavy (non-hydrogen) atoms. The number of phenols is 2. The first kappa shape index (κ1) is 24.9. The van der Waals surface area contributed by atoms with Gasteiger partial charge < -0.3 is 35.5 Å². The summed E-state index contributed by atoms with van der Waals surface area (Å²) in [6.45, 7) is 1.23. The lowest BCUT2D eigenvalue weighted by atomic mass is 9.74. The number of nitrogens with zero attached hydrogens (tertiary/aromatic N) is 1. The normalized spacial score (nSPS) is 14.8. The van der Waals surface area contributed by atoms with Crippen molar-refractivity contribution < 1.29 is 48.6 Å². The SMILES string of the molecule is O=C([O-])C(F)(F)F.[NH3+]CCCN1C(=O)c2ccccc2C12c1ccc(O)cc1Oc1cc(O)ccc12. The van der Waals surface area contributed by atoms with Gasteiger partial charge in [0.2, 0.25) is 0 Å². The van der Waals surface area contributed by atoms with Crippen molar-refractivity contribution in [2.24, 2.45) is 0 Å². The number of hydrogen-bond acceptors (Lipinski definition) is 6. The second kappa shape index (κ2) is 9.08. The number of halogens is 3. The van der Waals surface area contributed by atoms with E-state index in [9.17, 15) is 28.2 Å². The van der Waals surface area contributed by atoms with Gasteiger partial charge in [0.25, 0.3) is 5.91 Å². The van der Waals surface area contributed by atoms with Crippen molar-refractivity contribution in [3.8, 4) is 23.0 Å². The molecule has 3 aromatic carbocycles. The van der Waals surface area contributed by atoms with Crippen molar-refractivity contribution in [2.75, 3.05) is 13.1 Å². The number of benzene rings is 3. The molecule has 2 heterocycles. The number of carboxylic acid groups (broad SMARTS) is 1. The maximum absolute atomic E-state index is 13.5. The minimum absolute atomic E-state index is 0.0472. The highest BCUT2D eigenvalue weighted by atomic mass is 19.4. The average Bonchev–Trinajstić information content (AvgIpc) is 3.06. The molecule has 8 nitrogen and oxygen atoms in total. The summed E-state index contributed by atoms with van der Waals surface area (Å²) in [5.41, 5.74) is 6.14. The van der Waals surface area contributed by atoms with Crippen LogP contribution in [0, 0.1) is 0 Å². The summed E-state index contributed by atoms with van der Waals surface area (Å²) in [6, 6.07) is 17.6. The Morgan fingerprint density at radius 3 is 2.00 bits per heavy atom. The molecular formula is C25H21F3N2O6. The average molecular weight is 502 g/mol. The van der Waals surface area contributed by atoms with Gasteiger partial charge in [-0.3, -0.25) is 4.79 Å². The predicted octanol–water partition coefficient (Wildman–Crippen LogP) is 1.88. The fourth-order valence-electron chi connectivity index (χ4n) is 4.60. The molecule has 5 N–H and O–H groups in total. The van der Waals surface area contributed by atoms with Crippen molar-refractivity contribution >= 4 is 11.9 Å². The van der Waals surface area contributed by atoms with E-state index in [2.05, 4.69) is 5.73 Å². The third kappa shape index (κ3) is 3.97. The molecular weight excluding hydrogens is 481 g/mol. The molecule has 3 aromatic rings.